The lowest BCUT2D eigenvalue weighted by molar-refractivity contribution is -0.145. The minimum Gasteiger partial charge on any atom is -0.465 e. The van der Waals surface area contributed by atoms with Crippen LogP contribution in [0.1, 0.15) is 16.8 Å². The normalized spacial score (nSPS) is 9.47. The van der Waals surface area contributed by atoms with E-state index in [9.17, 15) is 9.59 Å². The molecule has 1 rings (SSSR count). The Kier molecular flexibility index (Phi) is 4.40. The van der Waals surface area contributed by atoms with Crippen molar-refractivity contribution in [2.45, 2.75) is 13.5 Å². The van der Waals surface area contributed by atoms with Crippen molar-refractivity contribution in [3.05, 3.63) is 16.1 Å². The van der Waals surface area contributed by atoms with Gasteiger partial charge in [-0.3, -0.25) is 10.2 Å². The standard InChI is InChI=1S/C8H10N4O4S/c1-4(13)16-12-7(9)5-2-10-6(17-5)3-11-8(14)15/h2,11H,3H2,1H3,(H2,9,12)(H,14,15). The first-order chi connectivity index (χ1) is 7.99. The second-order valence-electron chi connectivity index (χ2n) is 2.85. The SMILES string of the molecule is CC(=O)ONC(=N)c1cnc(CNC(=O)O)s1. The lowest BCUT2D eigenvalue weighted by Crippen LogP contribution is -2.25. The summed E-state index contributed by atoms with van der Waals surface area (Å²) in [6.07, 6.45) is 0.248. The van der Waals surface area contributed by atoms with Gasteiger partial charge >= 0.3 is 12.1 Å². The van der Waals surface area contributed by atoms with E-state index < -0.39 is 12.1 Å². The summed E-state index contributed by atoms with van der Waals surface area (Å²) in [6, 6.07) is 0. The number of amides is 1. The molecule has 0 aromatic carbocycles. The Labute approximate surface area is 100 Å². The van der Waals surface area contributed by atoms with Gasteiger partial charge in [-0.2, -0.15) is 5.48 Å². The molecule has 0 atom stereocenters. The lowest BCUT2D eigenvalue weighted by atomic mass is 10.5. The fourth-order valence-corrected chi connectivity index (χ4v) is 1.58. The first-order valence-corrected chi connectivity index (χ1v) is 5.24. The van der Waals surface area contributed by atoms with Crippen LogP contribution in [-0.4, -0.2) is 28.0 Å². The van der Waals surface area contributed by atoms with Crippen LogP contribution in [0, 0.1) is 5.41 Å². The molecule has 0 spiro atoms. The Morgan fingerprint density at radius 3 is 2.94 bits per heavy atom. The molecule has 0 aliphatic carbocycles. The second-order valence-corrected chi connectivity index (χ2v) is 3.96. The van der Waals surface area contributed by atoms with Crippen LogP contribution in [0.25, 0.3) is 0 Å². The highest BCUT2D eigenvalue weighted by Gasteiger charge is 2.08. The minimum absolute atomic E-state index is 0.0703. The zero-order valence-corrected chi connectivity index (χ0v) is 9.63. The molecule has 1 aromatic heterocycles. The number of nitrogens with zero attached hydrogens (tertiary/aromatic N) is 1. The summed E-state index contributed by atoms with van der Waals surface area (Å²) >= 11 is 1.12. The van der Waals surface area contributed by atoms with Gasteiger partial charge in [-0.25, -0.2) is 9.78 Å². The highest BCUT2D eigenvalue weighted by molar-refractivity contribution is 7.13. The van der Waals surface area contributed by atoms with Crippen LogP contribution in [0.3, 0.4) is 0 Å². The number of carbonyl (C=O) groups excluding carboxylic acids is 1. The number of hydrogen-bond donors (Lipinski definition) is 4. The predicted molar refractivity (Wildman–Crippen MR) is 58.7 cm³/mol. The smallest absolute Gasteiger partial charge is 0.405 e. The van der Waals surface area contributed by atoms with Gasteiger partial charge in [-0.1, -0.05) is 0 Å². The maximum absolute atomic E-state index is 10.5. The zero-order valence-electron chi connectivity index (χ0n) is 8.81. The Balaban J connectivity index is 2.52. The van der Waals surface area contributed by atoms with Crippen molar-refractivity contribution in [2.75, 3.05) is 0 Å². The first-order valence-electron chi connectivity index (χ1n) is 4.43. The molecule has 0 aliphatic rings. The third-order valence-corrected chi connectivity index (χ3v) is 2.50. The van der Waals surface area contributed by atoms with Gasteiger partial charge in [0.05, 0.1) is 11.4 Å². The van der Waals surface area contributed by atoms with Crippen LogP contribution in [0.4, 0.5) is 4.79 Å². The van der Waals surface area contributed by atoms with Gasteiger partial charge in [0.25, 0.3) is 0 Å². The van der Waals surface area contributed by atoms with Crippen LogP contribution in [0.15, 0.2) is 6.20 Å². The summed E-state index contributed by atoms with van der Waals surface area (Å²) in [5.74, 6) is -0.675. The molecule has 0 bridgehead atoms. The quantitative estimate of drug-likeness (QED) is 0.351. The second kappa shape index (κ2) is 5.80. The lowest BCUT2D eigenvalue weighted by Gasteiger charge is -2.02. The van der Waals surface area contributed by atoms with E-state index in [-0.39, 0.29) is 12.4 Å². The fraction of sp³-hybridized carbons (Fsp3) is 0.250. The number of hydroxylamine groups is 1. The molecule has 1 amide bonds. The number of carbonyl (C=O) groups is 2. The van der Waals surface area contributed by atoms with E-state index in [4.69, 9.17) is 10.5 Å². The van der Waals surface area contributed by atoms with Crippen molar-refractivity contribution in [2.24, 2.45) is 0 Å². The number of rotatable bonds is 3. The Hall–Kier alpha value is -2.16. The van der Waals surface area contributed by atoms with Gasteiger partial charge in [0.15, 0.2) is 5.84 Å². The molecule has 0 radical (unpaired) electrons. The van der Waals surface area contributed by atoms with Crippen molar-refractivity contribution in [3.8, 4) is 0 Å². The van der Waals surface area contributed by atoms with Crippen LogP contribution in [-0.2, 0) is 16.2 Å². The van der Waals surface area contributed by atoms with E-state index in [0.717, 1.165) is 11.3 Å². The highest BCUT2D eigenvalue weighted by atomic mass is 32.1. The van der Waals surface area contributed by atoms with Gasteiger partial charge in [-0.15, -0.1) is 11.3 Å². The average molecular weight is 258 g/mol. The Morgan fingerprint density at radius 2 is 2.35 bits per heavy atom. The summed E-state index contributed by atoms with van der Waals surface area (Å²) in [5, 5.41) is 18.6. The molecule has 0 fully saturated rings. The van der Waals surface area contributed by atoms with Gasteiger partial charge in [-0.05, 0) is 0 Å². The molecular formula is C8H10N4O4S. The minimum atomic E-state index is -1.14. The average Bonchev–Trinajstić information content (AvgIpc) is 2.71. The molecule has 0 unspecified atom stereocenters. The van der Waals surface area contributed by atoms with Crippen molar-refractivity contribution < 1.29 is 19.5 Å². The van der Waals surface area contributed by atoms with Gasteiger partial charge in [0, 0.05) is 13.1 Å². The van der Waals surface area contributed by atoms with Crippen LogP contribution in [0.5, 0.6) is 0 Å². The number of carboxylic acid groups (broad SMARTS) is 1. The summed E-state index contributed by atoms with van der Waals surface area (Å²) < 4.78 is 0. The molecule has 92 valence electrons. The molecule has 4 N–H and O–H groups in total. The van der Waals surface area contributed by atoms with E-state index in [1.165, 1.54) is 13.1 Å². The Bertz CT molecular complexity index is 444. The van der Waals surface area contributed by atoms with E-state index in [1.807, 2.05) is 0 Å². The maximum atomic E-state index is 10.5. The van der Waals surface area contributed by atoms with Crippen molar-refractivity contribution in [1.29, 1.82) is 5.41 Å². The van der Waals surface area contributed by atoms with Crippen molar-refractivity contribution >= 4 is 29.2 Å². The van der Waals surface area contributed by atoms with E-state index >= 15 is 0 Å². The highest BCUT2D eigenvalue weighted by Crippen LogP contribution is 2.12. The van der Waals surface area contributed by atoms with Gasteiger partial charge < -0.3 is 15.3 Å². The van der Waals surface area contributed by atoms with Crippen molar-refractivity contribution in [1.82, 2.24) is 15.8 Å². The molecule has 9 heteroatoms. The number of hydrogen-bond acceptors (Lipinski definition) is 6. The molecule has 1 heterocycles. The monoisotopic (exact) mass is 258 g/mol. The molecule has 0 aliphatic heterocycles. The van der Waals surface area contributed by atoms with Crippen LogP contribution in [0.2, 0.25) is 0 Å². The predicted octanol–water partition coefficient (Wildman–Crippen LogP) is 0.304. The maximum Gasteiger partial charge on any atom is 0.405 e. The van der Waals surface area contributed by atoms with Gasteiger partial charge in [0.1, 0.15) is 5.01 Å². The number of thiazole rings is 1. The Morgan fingerprint density at radius 1 is 1.65 bits per heavy atom. The molecule has 0 saturated heterocycles. The van der Waals surface area contributed by atoms with E-state index in [1.54, 1.807) is 0 Å². The van der Waals surface area contributed by atoms with Gasteiger partial charge in [0.2, 0.25) is 0 Å². The summed E-state index contributed by atoms with van der Waals surface area (Å²) in [7, 11) is 0. The first kappa shape index (κ1) is 12.9. The van der Waals surface area contributed by atoms with E-state index in [2.05, 4.69) is 20.6 Å². The summed E-state index contributed by atoms with van der Waals surface area (Å²) in [5.41, 5.74) is 2.14. The zero-order chi connectivity index (χ0) is 12.8. The topological polar surface area (TPSA) is 124 Å². The van der Waals surface area contributed by atoms with Crippen molar-refractivity contribution in [3.63, 3.8) is 0 Å². The molecule has 1 aromatic rings. The number of nitrogens with one attached hydrogen (secondary N) is 3. The van der Waals surface area contributed by atoms with E-state index in [0.29, 0.717) is 9.88 Å². The van der Waals surface area contributed by atoms with Crippen LogP contribution < -0.4 is 10.8 Å². The largest absolute Gasteiger partial charge is 0.465 e. The number of amidine groups is 1. The molecule has 17 heavy (non-hydrogen) atoms. The molecule has 0 saturated carbocycles. The molecule has 8 nitrogen and oxygen atoms in total. The fourth-order valence-electron chi connectivity index (χ4n) is 0.832. The summed E-state index contributed by atoms with van der Waals surface area (Å²) in [4.78, 5) is 29.5. The third-order valence-electron chi connectivity index (χ3n) is 1.49. The third kappa shape index (κ3) is 4.47. The number of aromatic nitrogens is 1. The summed E-state index contributed by atoms with van der Waals surface area (Å²) in [6.45, 7) is 1.27. The molecular weight excluding hydrogens is 248 g/mol. The van der Waals surface area contributed by atoms with Crippen LogP contribution >= 0.6 is 11.3 Å².